The number of hydrogen-bond donors (Lipinski definition) is 1. The minimum absolute atomic E-state index is 0.144. The summed E-state index contributed by atoms with van der Waals surface area (Å²) in [7, 11) is 1.92. The molecule has 0 fully saturated rings. The molecule has 0 saturated heterocycles. The van der Waals surface area contributed by atoms with E-state index in [1.54, 1.807) is 0 Å². The van der Waals surface area contributed by atoms with E-state index in [0.29, 0.717) is 6.61 Å². The van der Waals surface area contributed by atoms with Crippen LogP contribution in [0.2, 0.25) is 0 Å². The van der Waals surface area contributed by atoms with Crippen LogP contribution in [0.5, 0.6) is 0 Å². The quantitative estimate of drug-likeness (QED) is 0.898. The van der Waals surface area contributed by atoms with Gasteiger partial charge >= 0.3 is 0 Å². The van der Waals surface area contributed by atoms with Crippen molar-refractivity contribution in [3.8, 4) is 0 Å². The average Bonchev–Trinajstić information content (AvgIpc) is 2.63. The zero-order chi connectivity index (χ0) is 13.2. The van der Waals surface area contributed by atoms with Crippen LogP contribution < -0.4 is 5.32 Å². The fourth-order valence-electron chi connectivity index (χ4n) is 1.90. The van der Waals surface area contributed by atoms with Crippen LogP contribution in [-0.2, 0) is 17.9 Å². The largest absolute Gasteiger partial charge is 0.459 e. The number of furan rings is 1. The van der Waals surface area contributed by atoms with Crippen LogP contribution in [0.1, 0.15) is 32.1 Å². The topological polar surface area (TPSA) is 34.4 Å². The Morgan fingerprint density at radius 3 is 2.61 bits per heavy atom. The highest BCUT2D eigenvalue weighted by atomic mass is 16.5. The Hall–Kier alpha value is -1.32. The Bertz CT molecular complexity index is 523. The van der Waals surface area contributed by atoms with Crippen molar-refractivity contribution in [3.05, 3.63) is 35.6 Å². The molecule has 1 aromatic carbocycles. The molecule has 1 aromatic heterocycles. The van der Waals surface area contributed by atoms with E-state index in [1.807, 2.05) is 25.2 Å². The minimum atomic E-state index is -0.144. The number of nitrogens with one attached hydrogen (secondary N) is 1. The Morgan fingerprint density at radius 1 is 1.22 bits per heavy atom. The second kappa shape index (κ2) is 5.12. The van der Waals surface area contributed by atoms with E-state index in [0.717, 1.165) is 28.8 Å². The van der Waals surface area contributed by atoms with Gasteiger partial charge in [0.2, 0.25) is 0 Å². The monoisotopic (exact) mass is 247 g/mol. The van der Waals surface area contributed by atoms with Crippen LogP contribution >= 0.6 is 0 Å². The molecule has 0 aliphatic carbocycles. The Balaban J connectivity index is 2.35. The average molecular weight is 247 g/mol. The van der Waals surface area contributed by atoms with Gasteiger partial charge in [0, 0.05) is 10.9 Å². The van der Waals surface area contributed by atoms with E-state index in [1.165, 1.54) is 0 Å². The van der Waals surface area contributed by atoms with Crippen molar-refractivity contribution in [1.82, 2.24) is 5.32 Å². The molecule has 1 N–H and O–H groups in total. The molecule has 0 aliphatic heterocycles. The zero-order valence-corrected chi connectivity index (χ0v) is 11.5. The highest BCUT2D eigenvalue weighted by Crippen LogP contribution is 2.27. The summed E-state index contributed by atoms with van der Waals surface area (Å²) in [6.45, 7) is 7.49. The summed E-state index contributed by atoms with van der Waals surface area (Å²) in [5.74, 6) is 0.961. The molecule has 1 heterocycles. The molecule has 0 unspecified atom stereocenters. The summed E-state index contributed by atoms with van der Waals surface area (Å²) in [6, 6.07) is 8.10. The maximum atomic E-state index is 5.88. The van der Waals surface area contributed by atoms with Crippen molar-refractivity contribution in [2.45, 2.75) is 39.5 Å². The predicted molar refractivity (Wildman–Crippen MR) is 73.5 cm³/mol. The number of para-hydroxylation sites is 1. The van der Waals surface area contributed by atoms with Crippen molar-refractivity contribution < 1.29 is 9.15 Å². The first-order valence-corrected chi connectivity index (χ1v) is 6.29. The molecular formula is C15H21NO2. The molecule has 2 aromatic rings. The van der Waals surface area contributed by atoms with Gasteiger partial charge in [-0.05, 0) is 33.9 Å². The maximum absolute atomic E-state index is 5.88. The summed E-state index contributed by atoms with van der Waals surface area (Å²) in [6.07, 6.45) is 0. The molecule has 0 radical (unpaired) electrons. The van der Waals surface area contributed by atoms with Crippen LogP contribution in [0, 0.1) is 0 Å². The van der Waals surface area contributed by atoms with E-state index >= 15 is 0 Å². The number of rotatable bonds is 4. The summed E-state index contributed by atoms with van der Waals surface area (Å²) in [5, 5.41) is 4.28. The van der Waals surface area contributed by atoms with E-state index in [9.17, 15) is 0 Å². The Morgan fingerprint density at radius 2 is 1.94 bits per heavy atom. The zero-order valence-electron chi connectivity index (χ0n) is 11.5. The predicted octanol–water partition coefficient (Wildman–Crippen LogP) is 3.47. The Kier molecular flexibility index (Phi) is 3.73. The van der Waals surface area contributed by atoms with Gasteiger partial charge in [-0.15, -0.1) is 0 Å². The normalized spacial score (nSPS) is 12.2. The van der Waals surface area contributed by atoms with Crippen molar-refractivity contribution in [2.75, 3.05) is 7.05 Å². The van der Waals surface area contributed by atoms with Crippen LogP contribution in [0.3, 0.4) is 0 Å². The second-order valence-corrected chi connectivity index (χ2v) is 5.43. The summed E-state index contributed by atoms with van der Waals surface area (Å²) in [4.78, 5) is 0. The first kappa shape index (κ1) is 13.1. The first-order chi connectivity index (χ1) is 8.51. The first-order valence-electron chi connectivity index (χ1n) is 6.29. The Labute approximate surface area is 108 Å². The van der Waals surface area contributed by atoms with Gasteiger partial charge in [-0.25, -0.2) is 0 Å². The van der Waals surface area contributed by atoms with Crippen LogP contribution in [-0.4, -0.2) is 12.6 Å². The summed E-state index contributed by atoms with van der Waals surface area (Å²) >= 11 is 0. The van der Waals surface area contributed by atoms with Crippen molar-refractivity contribution in [3.63, 3.8) is 0 Å². The molecule has 18 heavy (non-hydrogen) atoms. The number of benzene rings is 1. The molecule has 3 heteroatoms. The lowest BCUT2D eigenvalue weighted by molar-refractivity contribution is -0.0150. The van der Waals surface area contributed by atoms with E-state index in [-0.39, 0.29) is 5.60 Å². The lowest BCUT2D eigenvalue weighted by Crippen LogP contribution is -2.19. The van der Waals surface area contributed by atoms with Crippen LogP contribution in [0.15, 0.2) is 28.7 Å². The third kappa shape index (κ3) is 2.92. The molecule has 0 amide bonds. The lowest BCUT2D eigenvalue weighted by atomic mass is 10.1. The lowest BCUT2D eigenvalue weighted by Gasteiger charge is -2.19. The fourth-order valence-corrected chi connectivity index (χ4v) is 1.90. The molecule has 98 valence electrons. The highest BCUT2D eigenvalue weighted by Gasteiger charge is 2.17. The molecule has 0 aliphatic rings. The number of hydrogen-bond acceptors (Lipinski definition) is 3. The SMILES string of the molecule is CNCc1oc2ccccc2c1COC(C)(C)C. The summed E-state index contributed by atoms with van der Waals surface area (Å²) < 4.78 is 11.7. The van der Waals surface area contributed by atoms with E-state index < -0.39 is 0 Å². The highest BCUT2D eigenvalue weighted by molar-refractivity contribution is 5.82. The molecular weight excluding hydrogens is 226 g/mol. The molecule has 0 atom stereocenters. The minimum Gasteiger partial charge on any atom is -0.459 e. The van der Waals surface area contributed by atoms with Crippen molar-refractivity contribution in [2.24, 2.45) is 0 Å². The molecule has 2 rings (SSSR count). The second-order valence-electron chi connectivity index (χ2n) is 5.43. The third-order valence-electron chi connectivity index (χ3n) is 2.77. The van der Waals surface area contributed by atoms with Gasteiger partial charge in [-0.1, -0.05) is 18.2 Å². The van der Waals surface area contributed by atoms with Gasteiger partial charge in [-0.3, -0.25) is 0 Å². The molecule has 0 bridgehead atoms. The van der Waals surface area contributed by atoms with Gasteiger partial charge < -0.3 is 14.5 Å². The number of ether oxygens (including phenoxy) is 1. The van der Waals surface area contributed by atoms with Gasteiger partial charge in [0.25, 0.3) is 0 Å². The van der Waals surface area contributed by atoms with Gasteiger partial charge in [0.05, 0.1) is 18.8 Å². The summed E-state index contributed by atoms with van der Waals surface area (Å²) in [5.41, 5.74) is 1.93. The maximum Gasteiger partial charge on any atom is 0.134 e. The van der Waals surface area contributed by atoms with E-state index in [4.69, 9.17) is 9.15 Å². The van der Waals surface area contributed by atoms with E-state index in [2.05, 4.69) is 32.2 Å². The number of fused-ring (bicyclic) bond motifs is 1. The molecule has 0 spiro atoms. The molecule has 0 saturated carbocycles. The van der Waals surface area contributed by atoms with Crippen molar-refractivity contribution in [1.29, 1.82) is 0 Å². The fraction of sp³-hybridized carbons (Fsp3) is 0.467. The van der Waals surface area contributed by atoms with Gasteiger partial charge in [0.1, 0.15) is 11.3 Å². The van der Waals surface area contributed by atoms with Crippen LogP contribution in [0.4, 0.5) is 0 Å². The molecule has 3 nitrogen and oxygen atoms in total. The van der Waals surface area contributed by atoms with Crippen LogP contribution in [0.25, 0.3) is 11.0 Å². The third-order valence-corrected chi connectivity index (χ3v) is 2.77. The smallest absolute Gasteiger partial charge is 0.134 e. The van der Waals surface area contributed by atoms with Crippen molar-refractivity contribution >= 4 is 11.0 Å². The van der Waals surface area contributed by atoms with Gasteiger partial charge in [-0.2, -0.15) is 0 Å². The standard InChI is InChI=1S/C15H21NO2/c1-15(2,3)17-10-12-11-7-5-6-8-13(11)18-14(12)9-16-4/h5-8,16H,9-10H2,1-4H3. The van der Waals surface area contributed by atoms with Gasteiger partial charge in [0.15, 0.2) is 0 Å².